The highest BCUT2D eigenvalue weighted by Gasteiger charge is 2.17. The predicted molar refractivity (Wildman–Crippen MR) is 62.7 cm³/mol. The Morgan fingerprint density at radius 1 is 1.50 bits per heavy atom. The van der Waals surface area contributed by atoms with Gasteiger partial charge in [-0.1, -0.05) is 6.07 Å². The van der Waals surface area contributed by atoms with Crippen LogP contribution in [0, 0.1) is 10.1 Å². The van der Waals surface area contributed by atoms with E-state index in [9.17, 15) is 23.3 Å². The van der Waals surface area contributed by atoms with Crippen molar-refractivity contribution in [3.63, 3.8) is 0 Å². The Morgan fingerprint density at radius 2 is 2.11 bits per heavy atom. The second-order valence-electron chi connectivity index (χ2n) is 3.52. The van der Waals surface area contributed by atoms with Crippen molar-refractivity contribution in [2.45, 2.75) is 12.7 Å². The van der Waals surface area contributed by atoms with E-state index in [-0.39, 0.29) is 11.3 Å². The Hall–Kier alpha value is -2.00. The van der Waals surface area contributed by atoms with Crippen LogP contribution < -0.4 is 5.32 Å². The maximum absolute atomic E-state index is 10.8. The molecule has 8 nitrogen and oxygen atoms in total. The maximum atomic E-state index is 10.8. The van der Waals surface area contributed by atoms with E-state index in [1.54, 1.807) is 0 Å². The number of carbonyl (C=O) groups excluding carboxylic acids is 1. The minimum atomic E-state index is -4.27. The topological polar surface area (TPSA) is 127 Å². The van der Waals surface area contributed by atoms with Crippen LogP contribution in [-0.2, 0) is 20.7 Å². The number of hydrogen-bond acceptors (Lipinski definition) is 5. The van der Waals surface area contributed by atoms with Gasteiger partial charge in [-0.15, -0.1) is 0 Å². The monoisotopic (exact) mass is 274 g/mol. The summed E-state index contributed by atoms with van der Waals surface area (Å²) >= 11 is 0. The van der Waals surface area contributed by atoms with Crippen LogP contribution in [0.4, 0.5) is 11.4 Å². The third-order valence-corrected chi connectivity index (χ3v) is 2.62. The number of nitro groups is 1. The molecule has 0 unspecified atom stereocenters. The first-order valence-corrected chi connectivity index (χ1v) is 6.30. The second kappa shape index (κ2) is 5.10. The molecule has 0 radical (unpaired) electrons. The van der Waals surface area contributed by atoms with Gasteiger partial charge >= 0.3 is 0 Å². The summed E-state index contributed by atoms with van der Waals surface area (Å²) < 4.78 is 30.0. The molecule has 1 rings (SSSR count). The fourth-order valence-electron chi connectivity index (χ4n) is 1.32. The van der Waals surface area contributed by atoms with Crippen LogP contribution in [0.15, 0.2) is 18.2 Å². The fraction of sp³-hybridized carbons (Fsp3) is 0.222. The molecule has 98 valence electrons. The molecule has 1 amide bonds. The minimum Gasteiger partial charge on any atom is -0.321 e. The van der Waals surface area contributed by atoms with Gasteiger partial charge in [0.2, 0.25) is 5.91 Å². The van der Waals surface area contributed by atoms with Crippen LogP contribution >= 0.6 is 0 Å². The smallest absolute Gasteiger partial charge is 0.293 e. The maximum Gasteiger partial charge on any atom is 0.293 e. The molecular weight excluding hydrogens is 264 g/mol. The highest BCUT2D eigenvalue weighted by atomic mass is 32.2. The van der Waals surface area contributed by atoms with E-state index in [2.05, 4.69) is 5.32 Å². The lowest BCUT2D eigenvalue weighted by Crippen LogP contribution is -2.09. The number of amides is 1. The van der Waals surface area contributed by atoms with E-state index in [1.807, 2.05) is 0 Å². The SMILES string of the molecule is CC(=O)Nc1ccc(CS(=O)(=O)O)cc1[N+](=O)[O-]. The number of carbonyl (C=O) groups is 1. The van der Waals surface area contributed by atoms with Gasteiger partial charge in [0.15, 0.2) is 0 Å². The van der Waals surface area contributed by atoms with Crippen molar-refractivity contribution in [2.75, 3.05) is 5.32 Å². The Morgan fingerprint density at radius 3 is 2.56 bits per heavy atom. The number of nitro benzene ring substituents is 1. The molecular formula is C9H10N2O6S. The molecule has 0 aliphatic heterocycles. The third-order valence-electron chi connectivity index (χ3n) is 1.92. The third kappa shape index (κ3) is 4.11. The van der Waals surface area contributed by atoms with Crippen molar-refractivity contribution in [1.29, 1.82) is 0 Å². The fourth-order valence-corrected chi connectivity index (χ4v) is 1.92. The molecule has 9 heteroatoms. The largest absolute Gasteiger partial charge is 0.321 e. The molecule has 0 bridgehead atoms. The Kier molecular flexibility index (Phi) is 3.99. The summed E-state index contributed by atoms with van der Waals surface area (Å²) in [5.41, 5.74) is -0.420. The molecule has 2 N–H and O–H groups in total. The highest BCUT2D eigenvalue weighted by molar-refractivity contribution is 7.85. The first-order valence-electron chi connectivity index (χ1n) is 4.69. The Bertz CT molecular complexity index is 595. The van der Waals surface area contributed by atoms with E-state index in [0.717, 1.165) is 6.07 Å². The van der Waals surface area contributed by atoms with Crippen LogP contribution in [0.3, 0.4) is 0 Å². The molecule has 0 aliphatic carbocycles. The molecule has 1 aromatic carbocycles. The number of hydrogen-bond donors (Lipinski definition) is 2. The first kappa shape index (κ1) is 14.1. The van der Waals surface area contributed by atoms with Gasteiger partial charge in [0.25, 0.3) is 15.8 Å². The molecule has 0 spiro atoms. The van der Waals surface area contributed by atoms with Crippen molar-refractivity contribution >= 4 is 27.4 Å². The van der Waals surface area contributed by atoms with Crippen LogP contribution in [0.1, 0.15) is 12.5 Å². The highest BCUT2D eigenvalue weighted by Crippen LogP contribution is 2.26. The number of benzene rings is 1. The number of anilines is 1. The zero-order valence-electron chi connectivity index (χ0n) is 9.28. The second-order valence-corrected chi connectivity index (χ2v) is 4.97. The summed E-state index contributed by atoms with van der Waals surface area (Å²) in [7, 11) is -4.27. The molecule has 0 atom stereocenters. The quantitative estimate of drug-likeness (QED) is 0.478. The lowest BCUT2D eigenvalue weighted by molar-refractivity contribution is -0.384. The van der Waals surface area contributed by atoms with E-state index in [1.165, 1.54) is 19.1 Å². The minimum absolute atomic E-state index is 0.0356. The van der Waals surface area contributed by atoms with Crippen LogP contribution in [-0.4, -0.2) is 23.8 Å². The van der Waals surface area contributed by atoms with E-state index >= 15 is 0 Å². The van der Waals surface area contributed by atoms with Crippen molar-refractivity contribution in [3.05, 3.63) is 33.9 Å². The van der Waals surface area contributed by atoms with Gasteiger partial charge in [-0.05, 0) is 11.6 Å². The number of rotatable bonds is 4. The van der Waals surface area contributed by atoms with Crippen LogP contribution in [0.5, 0.6) is 0 Å². The van der Waals surface area contributed by atoms with Gasteiger partial charge in [0.05, 0.1) is 4.92 Å². The van der Waals surface area contributed by atoms with Gasteiger partial charge < -0.3 is 5.32 Å². The zero-order chi connectivity index (χ0) is 13.9. The van der Waals surface area contributed by atoms with Gasteiger partial charge in [-0.25, -0.2) is 0 Å². The molecule has 0 aliphatic rings. The van der Waals surface area contributed by atoms with Crippen molar-refractivity contribution in [1.82, 2.24) is 0 Å². The van der Waals surface area contributed by atoms with Gasteiger partial charge in [-0.3, -0.25) is 19.5 Å². The van der Waals surface area contributed by atoms with Crippen molar-refractivity contribution in [3.8, 4) is 0 Å². The van der Waals surface area contributed by atoms with Gasteiger partial charge in [0.1, 0.15) is 11.4 Å². The number of nitrogens with one attached hydrogen (secondary N) is 1. The summed E-state index contributed by atoms with van der Waals surface area (Å²) in [5, 5.41) is 13.0. The Labute approximate surface area is 103 Å². The lowest BCUT2D eigenvalue weighted by atomic mass is 10.2. The molecule has 1 aromatic rings. The predicted octanol–water partition coefficient (Wildman–Crippen LogP) is 0.941. The van der Waals surface area contributed by atoms with Gasteiger partial charge in [-0.2, -0.15) is 8.42 Å². The average Bonchev–Trinajstić information content (AvgIpc) is 2.17. The Balaban J connectivity index is 3.19. The zero-order valence-corrected chi connectivity index (χ0v) is 10.1. The first-order chi connectivity index (χ1) is 8.19. The lowest BCUT2D eigenvalue weighted by Gasteiger charge is -2.05. The summed E-state index contributed by atoms with van der Waals surface area (Å²) in [5.74, 6) is -1.21. The molecule has 0 heterocycles. The molecule has 0 saturated carbocycles. The summed E-state index contributed by atoms with van der Waals surface area (Å²) in [6.07, 6.45) is 0. The van der Waals surface area contributed by atoms with Crippen molar-refractivity contribution < 1.29 is 22.7 Å². The van der Waals surface area contributed by atoms with E-state index < -0.39 is 32.4 Å². The average molecular weight is 274 g/mol. The summed E-state index contributed by atoms with van der Waals surface area (Å²) in [4.78, 5) is 20.8. The molecule has 18 heavy (non-hydrogen) atoms. The normalized spacial score (nSPS) is 11.0. The molecule has 0 aromatic heterocycles. The van der Waals surface area contributed by atoms with E-state index in [0.29, 0.717) is 0 Å². The molecule has 0 fully saturated rings. The van der Waals surface area contributed by atoms with Crippen LogP contribution in [0.25, 0.3) is 0 Å². The van der Waals surface area contributed by atoms with E-state index in [4.69, 9.17) is 4.55 Å². The summed E-state index contributed by atoms with van der Waals surface area (Å²) in [6, 6.07) is 3.46. The standard InChI is InChI=1S/C9H10N2O6S/c1-6(12)10-8-3-2-7(5-18(15,16)17)4-9(8)11(13)14/h2-4H,5H2,1H3,(H,10,12)(H,15,16,17). The summed E-state index contributed by atoms with van der Waals surface area (Å²) in [6.45, 7) is 1.19. The number of nitrogens with zero attached hydrogens (tertiary/aromatic N) is 1. The van der Waals surface area contributed by atoms with Crippen molar-refractivity contribution in [2.24, 2.45) is 0 Å². The van der Waals surface area contributed by atoms with Gasteiger partial charge in [0, 0.05) is 13.0 Å². The van der Waals surface area contributed by atoms with Crippen LogP contribution in [0.2, 0.25) is 0 Å². The molecule has 0 saturated heterocycles.